The highest BCUT2D eigenvalue weighted by Gasteiger charge is 2.31. The Kier molecular flexibility index (Phi) is 3.81. The monoisotopic (exact) mass is 252 g/mol. The Bertz CT molecular complexity index is 445. The van der Waals surface area contributed by atoms with E-state index in [-0.39, 0.29) is 23.7 Å². The number of carbonyl (C=O) groups is 1. The van der Waals surface area contributed by atoms with Crippen molar-refractivity contribution >= 4 is 11.6 Å². The normalized spacial score (nSPS) is 22.3. The van der Waals surface area contributed by atoms with E-state index in [0.717, 1.165) is 18.9 Å². The summed E-state index contributed by atoms with van der Waals surface area (Å²) in [6.07, 6.45) is 1.88. The SMILES string of the molecule is CCOC1CC(NC(=O)c2ccc(F)cc2N)C1. The number of amides is 1. The lowest BCUT2D eigenvalue weighted by Crippen LogP contribution is -2.47. The third kappa shape index (κ3) is 2.79. The number of hydrogen-bond acceptors (Lipinski definition) is 3. The Morgan fingerprint density at radius 1 is 1.56 bits per heavy atom. The number of benzene rings is 1. The third-order valence-corrected chi connectivity index (χ3v) is 3.09. The lowest BCUT2D eigenvalue weighted by molar-refractivity contribution is -0.00861. The van der Waals surface area contributed by atoms with Crippen molar-refractivity contribution in [2.24, 2.45) is 0 Å². The standard InChI is InChI=1S/C13H17FN2O2/c1-2-18-10-6-9(7-10)16-13(17)11-4-3-8(14)5-12(11)15/h3-5,9-10H,2,6-7,15H2,1H3,(H,16,17). The molecule has 3 N–H and O–H groups in total. The van der Waals surface area contributed by atoms with Crippen LogP contribution in [0.25, 0.3) is 0 Å². The molecular weight excluding hydrogens is 235 g/mol. The van der Waals surface area contributed by atoms with Gasteiger partial charge in [0.2, 0.25) is 0 Å². The molecule has 1 aromatic carbocycles. The van der Waals surface area contributed by atoms with Gasteiger partial charge in [-0.2, -0.15) is 0 Å². The van der Waals surface area contributed by atoms with Gasteiger partial charge in [-0.3, -0.25) is 4.79 Å². The van der Waals surface area contributed by atoms with Gasteiger partial charge in [-0.15, -0.1) is 0 Å². The van der Waals surface area contributed by atoms with E-state index in [1.807, 2.05) is 6.92 Å². The molecule has 0 atom stereocenters. The highest BCUT2D eigenvalue weighted by molar-refractivity contribution is 5.99. The molecule has 0 bridgehead atoms. The molecule has 0 unspecified atom stereocenters. The molecule has 0 radical (unpaired) electrons. The van der Waals surface area contributed by atoms with Crippen LogP contribution >= 0.6 is 0 Å². The zero-order valence-electron chi connectivity index (χ0n) is 10.3. The van der Waals surface area contributed by atoms with Crippen molar-refractivity contribution in [1.29, 1.82) is 0 Å². The van der Waals surface area contributed by atoms with Crippen LogP contribution in [0.4, 0.5) is 10.1 Å². The van der Waals surface area contributed by atoms with Crippen LogP contribution < -0.4 is 11.1 Å². The summed E-state index contributed by atoms with van der Waals surface area (Å²) in [5, 5.41) is 2.86. The number of carbonyl (C=O) groups excluding carboxylic acids is 1. The van der Waals surface area contributed by atoms with Crippen molar-refractivity contribution in [3.63, 3.8) is 0 Å². The minimum atomic E-state index is -0.441. The molecule has 0 heterocycles. The van der Waals surface area contributed by atoms with Crippen molar-refractivity contribution in [1.82, 2.24) is 5.32 Å². The first-order valence-electron chi connectivity index (χ1n) is 6.07. The van der Waals surface area contributed by atoms with Crippen LogP contribution in [-0.2, 0) is 4.74 Å². The lowest BCUT2D eigenvalue weighted by atomic mass is 9.89. The van der Waals surface area contributed by atoms with Gasteiger partial charge in [-0.25, -0.2) is 4.39 Å². The Hall–Kier alpha value is -1.62. The lowest BCUT2D eigenvalue weighted by Gasteiger charge is -2.35. The summed E-state index contributed by atoms with van der Waals surface area (Å²) < 4.78 is 18.3. The number of rotatable bonds is 4. The van der Waals surface area contributed by atoms with Crippen LogP contribution in [0.15, 0.2) is 18.2 Å². The van der Waals surface area contributed by atoms with E-state index >= 15 is 0 Å². The molecule has 1 aliphatic carbocycles. The molecule has 2 rings (SSSR count). The molecular formula is C13H17FN2O2. The van der Waals surface area contributed by atoms with Crippen molar-refractivity contribution in [3.8, 4) is 0 Å². The molecule has 1 fully saturated rings. The van der Waals surface area contributed by atoms with Gasteiger partial charge in [-0.1, -0.05) is 0 Å². The van der Waals surface area contributed by atoms with Crippen LogP contribution in [0.2, 0.25) is 0 Å². The van der Waals surface area contributed by atoms with E-state index in [1.54, 1.807) is 0 Å². The van der Waals surface area contributed by atoms with Crippen LogP contribution in [0.5, 0.6) is 0 Å². The number of nitrogens with one attached hydrogen (secondary N) is 1. The van der Waals surface area contributed by atoms with E-state index in [0.29, 0.717) is 12.2 Å². The first kappa shape index (κ1) is 12.8. The van der Waals surface area contributed by atoms with Crippen molar-refractivity contribution < 1.29 is 13.9 Å². The second-order valence-electron chi connectivity index (χ2n) is 4.45. The van der Waals surface area contributed by atoms with E-state index in [4.69, 9.17) is 10.5 Å². The molecule has 0 saturated heterocycles. The maximum atomic E-state index is 12.9. The Morgan fingerprint density at radius 2 is 2.28 bits per heavy atom. The fourth-order valence-corrected chi connectivity index (χ4v) is 2.06. The molecule has 98 valence electrons. The number of nitrogens with two attached hydrogens (primary N) is 1. The van der Waals surface area contributed by atoms with Crippen LogP contribution in [0, 0.1) is 5.82 Å². The molecule has 1 aliphatic rings. The van der Waals surface area contributed by atoms with Gasteiger partial charge < -0.3 is 15.8 Å². The van der Waals surface area contributed by atoms with Gasteiger partial charge in [-0.05, 0) is 38.0 Å². The van der Waals surface area contributed by atoms with Gasteiger partial charge >= 0.3 is 0 Å². The minimum absolute atomic E-state index is 0.124. The van der Waals surface area contributed by atoms with Crippen LogP contribution in [0.3, 0.4) is 0 Å². The predicted molar refractivity (Wildman–Crippen MR) is 66.7 cm³/mol. The first-order valence-corrected chi connectivity index (χ1v) is 6.07. The quantitative estimate of drug-likeness (QED) is 0.802. The molecule has 0 spiro atoms. The molecule has 1 aromatic rings. The van der Waals surface area contributed by atoms with Gasteiger partial charge in [0.25, 0.3) is 5.91 Å². The number of nitrogen functional groups attached to an aromatic ring is 1. The number of halogens is 1. The van der Waals surface area contributed by atoms with Gasteiger partial charge in [0.1, 0.15) is 5.82 Å². The molecule has 4 nitrogen and oxygen atoms in total. The fourth-order valence-electron chi connectivity index (χ4n) is 2.06. The van der Waals surface area contributed by atoms with Gasteiger partial charge in [0.15, 0.2) is 0 Å². The third-order valence-electron chi connectivity index (χ3n) is 3.09. The minimum Gasteiger partial charge on any atom is -0.398 e. The van der Waals surface area contributed by atoms with E-state index in [1.165, 1.54) is 12.1 Å². The Labute approximate surface area is 105 Å². The molecule has 1 amide bonds. The zero-order chi connectivity index (χ0) is 13.1. The topological polar surface area (TPSA) is 64.3 Å². The molecule has 0 aromatic heterocycles. The van der Waals surface area contributed by atoms with Crippen LogP contribution in [0.1, 0.15) is 30.1 Å². The second-order valence-corrected chi connectivity index (χ2v) is 4.45. The van der Waals surface area contributed by atoms with Crippen molar-refractivity contribution in [3.05, 3.63) is 29.6 Å². The summed E-state index contributed by atoms with van der Waals surface area (Å²) in [5.41, 5.74) is 6.08. The first-order chi connectivity index (χ1) is 8.60. The Morgan fingerprint density at radius 3 is 2.89 bits per heavy atom. The molecule has 18 heavy (non-hydrogen) atoms. The maximum Gasteiger partial charge on any atom is 0.253 e. The highest BCUT2D eigenvalue weighted by atomic mass is 19.1. The fraction of sp³-hybridized carbons (Fsp3) is 0.462. The van der Waals surface area contributed by atoms with Crippen molar-refractivity contribution in [2.45, 2.75) is 31.9 Å². The summed E-state index contributed by atoms with van der Waals surface area (Å²) >= 11 is 0. The van der Waals surface area contributed by atoms with Gasteiger partial charge in [0, 0.05) is 18.3 Å². The molecule has 1 saturated carbocycles. The number of hydrogen-bond donors (Lipinski definition) is 2. The van der Waals surface area contributed by atoms with Crippen molar-refractivity contribution in [2.75, 3.05) is 12.3 Å². The highest BCUT2D eigenvalue weighted by Crippen LogP contribution is 2.24. The average molecular weight is 252 g/mol. The predicted octanol–water partition coefficient (Wildman–Crippen LogP) is 1.71. The van der Waals surface area contributed by atoms with E-state index < -0.39 is 5.82 Å². The van der Waals surface area contributed by atoms with E-state index in [2.05, 4.69) is 5.32 Å². The summed E-state index contributed by atoms with van der Waals surface area (Å²) in [7, 11) is 0. The maximum absolute atomic E-state index is 12.9. The summed E-state index contributed by atoms with van der Waals surface area (Å²) in [6, 6.07) is 3.91. The van der Waals surface area contributed by atoms with Crippen LogP contribution in [-0.4, -0.2) is 24.7 Å². The van der Waals surface area contributed by atoms with E-state index in [9.17, 15) is 9.18 Å². The largest absolute Gasteiger partial charge is 0.398 e. The summed E-state index contributed by atoms with van der Waals surface area (Å²) in [4.78, 5) is 11.9. The Balaban J connectivity index is 1.89. The summed E-state index contributed by atoms with van der Waals surface area (Å²) in [5.74, 6) is -0.698. The summed E-state index contributed by atoms with van der Waals surface area (Å²) in [6.45, 7) is 2.64. The molecule has 0 aliphatic heterocycles. The smallest absolute Gasteiger partial charge is 0.253 e. The molecule has 5 heteroatoms. The number of anilines is 1. The number of ether oxygens (including phenoxy) is 1. The zero-order valence-corrected chi connectivity index (χ0v) is 10.3. The van der Waals surface area contributed by atoms with Gasteiger partial charge in [0.05, 0.1) is 11.7 Å². The average Bonchev–Trinajstić information content (AvgIpc) is 2.26. The second kappa shape index (κ2) is 5.35.